The van der Waals surface area contributed by atoms with Gasteiger partial charge in [-0.2, -0.15) is 5.26 Å². The number of hydrazine groups is 1. The second kappa shape index (κ2) is 9.99. The summed E-state index contributed by atoms with van der Waals surface area (Å²) in [6, 6.07) is 13.7. The lowest BCUT2D eigenvalue weighted by Crippen LogP contribution is -2.43. The largest absolute Gasteiger partial charge is 0.496 e. The summed E-state index contributed by atoms with van der Waals surface area (Å²) in [7, 11) is 1.54. The number of rotatable bonds is 6. The van der Waals surface area contributed by atoms with Crippen LogP contribution in [0.15, 0.2) is 53.0 Å². The quantitative estimate of drug-likeness (QED) is 0.542. The van der Waals surface area contributed by atoms with Crippen molar-refractivity contribution < 1.29 is 19.1 Å². The van der Waals surface area contributed by atoms with Gasteiger partial charge in [0.25, 0.3) is 11.8 Å². The van der Waals surface area contributed by atoms with E-state index in [1.165, 1.54) is 13.2 Å². The summed E-state index contributed by atoms with van der Waals surface area (Å²) in [4.78, 5) is 23.5. The molecule has 8 heteroatoms. The van der Waals surface area contributed by atoms with Crippen molar-refractivity contribution in [2.45, 2.75) is 0 Å². The molecule has 0 spiro atoms. The number of halogens is 1. The molecule has 0 aliphatic carbocycles. The highest BCUT2D eigenvalue weighted by Gasteiger charge is 2.05. The summed E-state index contributed by atoms with van der Waals surface area (Å²) in [6.45, 7) is -0.282. The van der Waals surface area contributed by atoms with Gasteiger partial charge >= 0.3 is 0 Å². The predicted molar refractivity (Wildman–Crippen MR) is 103 cm³/mol. The molecule has 0 saturated carbocycles. The first-order valence-corrected chi connectivity index (χ1v) is 8.54. The van der Waals surface area contributed by atoms with Crippen LogP contribution in [0.4, 0.5) is 0 Å². The number of hydrogen-bond donors (Lipinski definition) is 2. The SMILES string of the molecule is COc1ccc(Br)cc1/C=C/C(=O)NNC(=O)COc1ccc(C#N)cc1. The minimum atomic E-state index is -0.527. The van der Waals surface area contributed by atoms with Crippen LogP contribution in [0.1, 0.15) is 11.1 Å². The summed E-state index contributed by atoms with van der Waals surface area (Å²) in [5.41, 5.74) is 5.70. The number of carbonyl (C=O) groups is 2. The van der Waals surface area contributed by atoms with E-state index in [4.69, 9.17) is 14.7 Å². The van der Waals surface area contributed by atoms with Gasteiger partial charge in [0.15, 0.2) is 6.61 Å². The molecule has 0 aliphatic rings. The first kappa shape index (κ1) is 20.0. The van der Waals surface area contributed by atoms with Gasteiger partial charge in [0.05, 0.1) is 18.7 Å². The van der Waals surface area contributed by atoms with Crippen LogP contribution < -0.4 is 20.3 Å². The molecule has 0 fully saturated rings. The molecule has 0 saturated heterocycles. The van der Waals surface area contributed by atoms with E-state index in [-0.39, 0.29) is 6.61 Å². The Morgan fingerprint density at radius 3 is 2.59 bits per heavy atom. The standard InChI is InChI=1S/C19H16BrN3O4/c1-26-17-8-5-15(20)10-14(17)4-9-18(24)22-23-19(25)12-27-16-6-2-13(11-21)3-7-16/h2-10H,12H2,1H3,(H,22,24)(H,23,25)/b9-4+. The molecular formula is C19H16BrN3O4. The van der Waals surface area contributed by atoms with E-state index in [0.29, 0.717) is 22.6 Å². The predicted octanol–water partition coefficient (Wildman–Crippen LogP) is 2.57. The zero-order valence-electron chi connectivity index (χ0n) is 14.4. The van der Waals surface area contributed by atoms with Gasteiger partial charge in [0, 0.05) is 16.1 Å². The first-order chi connectivity index (χ1) is 13.0. The molecule has 0 bridgehead atoms. The molecule has 0 aromatic heterocycles. The number of nitrogens with one attached hydrogen (secondary N) is 2. The second-order valence-corrected chi connectivity index (χ2v) is 6.10. The van der Waals surface area contributed by atoms with Gasteiger partial charge in [-0.15, -0.1) is 0 Å². The molecule has 138 valence electrons. The Labute approximate surface area is 164 Å². The van der Waals surface area contributed by atoms with Crippen molar-refractivity contribution in [2.75, 3.05) is 13.7 Å². The minimum Gasteiger partial charge on any atom is -0.496 e. The molecule has 0 aliphatic heterocycles. The highest BCUT2D eigenvalue weighted by Crippen LogP contribution is 2.23. The van der Waals surface area contributed by atoms with Crippen molar-refractivity contribution in [1.82, 2.24) is 10.9 Å². The van der Waals surface area contributed by atoms with E-state index in [1.807, 2.05) is 12.1 Å². The smallest absolute Gasteiger partial charge is 0.276 e. The normalized spacial score (nSPS) is 10.1. The van der Waals surface area contributed by atoms with Crippen LogP contribution in [-0.4, -0.2) is 25.5 Å². The molecule has 0 unspecified atom stereocenters. The van der Waals surface area contributed by atoms with Gasteiger partial charge in [-0.25, -0.2) is 0 Å². The van der Waals surface area contributed by atoms with Gasteiger partial charge in [0.2, 0.25) is 0 Å². The number of benzene rings is 2. The van der Waals surface area contributed by atoms with Crippen LogP contribution in [0.25, 0.3) is 6.08 Å². The lowest BCUT2D eigenvalue weighted by Gasteiger charge is -2.08. The number of nitrogens with zero attached hydrogens (tertiary/aromatic N) is 1. The maximum absolute atomic E-state index is 11.8. The molecule has 2 amide bonds. The molecule has 0 radical (unpaired) electrons. The molecule has 2 aromatic rings. The third-order valence-corrected chi connectivity index (χ3v) is 3.78. The Kier molecular flexibility index (Phi) is 7.40. The van der Waals surface area contributed by atoms with E-state index < -0.39 is 11.8 Å². The van der Waals surface area contributed by atoms with Crippen molar-refractivity contribution in [2.24, 2.45) is 0 Å². The first-order valence-electron chi connectivity index (χ1n) is 7.75. The summed E-state index contributed by atoms with van der Waals surface area (Å²) in [6.07, 6.45) is 2.84. The Morgan fingerprint density at radius 1 is 1.19 bits per heavy atom. The molecule has 2 aromatic carbocycles. The zero-order chi connectivity index (χ0) is 19.6. The van der Waals surface area contributed by atoms with Crippen LogP contribution >= 0.6 is 15.9 Å². The molecule has 0 heterocycles. The Morgan fingerprint density at radius 2 is 1.93 bits per heavy atom. The lowest BCUT2D eigenvalue weighted by atomic mass is 10.2. The zero-order valence-corrected chi connectivity index (χ0v) is 15.9. The van der Waals surface area contributed by atoms with Crippen molar-refractivity contribution >= 4 is 33.8 Å². The van der Waals surface area contributed by atoms with Crippen molar-refractivity contribution in [1.29, 1.82) is 5.26 Å². The molecule has 2 N–H and O–H groups in total. The third-order valence-electron chi connectivity index (χ3n) is 3.28. The maximum Gasteiger partial charge on any atom is 0.276 e. The average Bonchev–Trinajstić information content (AvgIpc) is 2.69. The van der Waals surface area contributed by atoms with Gasteiger partial charge in [-0.1, -0.05) is 15.9 Å². The Hall–Kier alpha value is -3.31. The number of amides is 2. The van der Waals surface area contributed by atoms with Crippen LogP contribution in [0.3, 0.4) is 0 Å². The van der Waals surface area contributed by atoms with Gasteiger partial charge in [0.1, 0.15) is 11.5 Å². The molecule has 2 rings (SSSR count). The van der Waals surface area contributed by atoms with Crippen LogP contribution in [0.2, 0.25) is 0 Å². The highest BCUT2D eigenvalue weighted by molar-refractivity contribution is 9.10. The summed E-state index contributed by atoms with van der Waals surface area (Å²) in [5, 5.41) is 8.72. The molecular weight excluding hydrogens is 414 g/mol. The topological polar surface area (TPSA) is 100 Å². The number of methoxy groups -OCH3 is 1. The number of carbonyl (C=O) groups excluding carboxylic acids is 2. The second-order valence-electron chi connectivity index (χ2n) is 5.18. The van der Waals surface area contributed by atoms with E-state index >= 15 is 0 Å². The fourth-order valence-corrected chi connectivity index (χ4v) is 2.36. The van der Waals surface area contributed by atoms with Crippen molar-refractivity contribution in [3.8, 4) is 17.6 Å². The number of hydrogen-bond acceptors (Lipinski definition) is 5. The number of nitriles is 1. The minimum absolute atomic E-state index is 0.282. The van der Waals surface area contributed by atoms with Crippen LogP contribution in [0.5, 0.6) is 11.5 Å². The van der Waals surface area contributed by atoms with Crippen molar-refractivity contribution in [3.63, 3.8) is 0 Å². The maximum atomic E-state index is 11.8. The van der Waals surface area contributed by atoms with Crippen molar-refractivity contribution in [3.05, 3.63) is 64.1 Å². The number of ether oxygens (including phenoxy) is 2. The Bertz CT molecular complexity index is 889. The molecule has 27 heavy (non-hydrogen) atoms. The summed E-state index contributed by atoms with van der Waals surface area (Å²) in [5.74, 6) is 0.0177. The van der Waals surface area contributed by atoms with Gasteiger partial charge in [-0.3, -0.25) is 20.4 Å². The Balaban J connectivity index is 1.80. The van der Waals surface area contributed by atoms with E-state index in [9.17, 15) is 9.59 Å². The lowest BCUT2D eigenvalue weighted by molar-refractivity contribution is -0.128. The molecule has 0 atom stereocenters. The van der Waals surface area contributed by atoms with E-state index in [1.54, 1.807) is 42.5 Å². The third kappa shape index (κ3) is 6.49. The van der Waals surface area contributed by atoms with E-state index in [0.717, 1.165) is 4.47 Å². The fraction of sp³-hybridized carbons (Fsp3) is 0.105. The average molecular weight is 430 g/mol. The highest BCUT2D eigenvalue weighted by atomic mass is 79.9. The summed E-state index contributed by atoms with van der Waals surface area (Å²) >= 11 is 3.35. The van der Waals surface area contributed by atoms with E-state index in [2.05, 4.69) is 26.8 Å². The van der Waals surface area contributed by atoms with Crippen LogP contribution in [-0.2, 0) is 9.59 Å². The summed E-state index contributed by atoms with van der Waals surface area (Å²) < 4.78 is 11.3. The molecule has 7 nitrogen and oxygen atoms in total. The van der Waals surface area contributed by atoms with Gasteiger partial charge in [-0.05, 0) is 48.5 Å². The van der Waals surface area contributed by atoms with Crippen LogP contribution in [0, 0.1) is 11.3 Å². The monoisotopic (exact) mass is 429 g/mol. The fourth-order valence-electron chi connectivity index (χ4n) is 1.98. The van der Waals surface area contributed by atoms with Gasteiger partial charge < -0.3 is 9.47 Å².